The predicted molar refractivity (Wildman–Crippen MR) is 117 cm³/mol. The van der Waals surface area contributed by atoms with Crippen molar-refractivity contribution in [2.45, 2.75) is 52.1 Å². The summed E-state index contributed by atoms with van der Waals surface area (Å²) in [4.78, 5) is 39.9. The fraction of sp³-hybridized carbons (Fsp3) is 0.409. The van der Waals surface area contributed by atoms with Crippen LogP contribution in [0, 0.1) is 0 Å². The Bertz CT molecular complexity index is 1010. The van der Waals surface area contributed by atoms with Crippen LogP contribution in [0.1, 0.15) is 46.1 Å². The number of anilines is 1. The van der Waals surface area contributed by atoms with Crippen molar-refractivity contribution >= 4 is 39.5 Å². The molecule has 8 nitrogen and oxygen atoms in total. The van der Waals surface area contributed by atoms with Crippen molar-refractivity contribution in [1.29, 1.82) is 0 Å². The molecule has 1 spiro atoms. The molecule has 9 heteroatoms. The number of nitrogens with two attached hydrogens (primary N) is 1. The van der Waals surface area contributed by atoms with Gasteiger partial charge in [0, 0.05) is 15.7 Å². The number of benzene rings is 1. The normalized spacial score (nSPS) is 20.0. The molecule has 1 atom stereocenters. The van der Waals surface area contributed by atoms with E-state index in [1.54, 1.807) is 32.0 Å². The van der Waals surface area contributed by atoms with Crippen molar-refractivity contribution in [3.05, 3.63) is 51.0 Å². The molecule has 0 aliphatic carbocycles. The Morgan fingerprint density at radius 1 is 1.26 bits per heavy atom. The highest BCUT2D eigenvalue weighted by Gasteiger charge is 2.62. The maximum Gasteiger partial charge on any atom is 0.341 e. The summed E-state index contributed by atoms with van der Waals surface area (Å²) < 4.78 is 17.0. The van der Waals surface area contributed by atoms with E-state index >= 15 is 0 Å². The van der Waals surface area contributed by atoms with Crippen molar-refractivity contribution in [1.82, 2.24) is 0 Å². The zero-order valence-electron chi connectivity index (χ0n) is 17.8. The van der Waals surface area contributed by atoms with Gasteiger partial charge in [-0.2, -0.15) is 0 Å². The first kappa shape index (κ1) is 22.9. The molecule has 1 aromatic rings. The number of unbranched alkanes of at least 4 members (excludes halogenated alkanes) is 1. The molecule has 166 valence electrons. The van der Waals surface area contributed by atoms with Crippen LogP contribution in [0.15, 0.2) is 45.5 Å². The molecule has 3 rings (SSSR count). The monoisotopic (exact) mass is 492 g/mol. The van der Waals surface area contributed by atoms with Gasteiger partial charge in [0.1, 0.15) is 22.3 Å². The van der Waals surface area contributed by atoms with Gasteiger partial charge < -0.3 is 25.3 Å². The molecule has 0 radical (unpaired) electrons. The molecule has 31 heavy (non-hydrogen) atoms. The second-order valence-electron chi connectivity index (χ2n) is 7.61. The minimum atomic E-state index is -1.86. The summed E-state index contributed by atoms with van der Waals surface area (Å²) in [6.07, 6.45) is 0.989. The van der Waals surface area contributed by atoms with Crippen LogP contribution < -0.4 is 11.1 Å². The van der Waals surface area contributed by atoms with Crippen LogP contribution in [0.5, 0.6) is 0 Å². The Labute approximate surface area is 188 Å². The van der Waals surface area contributed by atoms with Crippen molar-refractivity contribution in [2.24, 2.45) is 5.73 Å². The minimum Gasteiger partial charge on any atom is -0.462 e. The van der Waals surface area contributed by atoms with E-state index in [9.17, 15) is 14.4 Å². The molecule has 0 saturated carbocycles. The lowest BCUT2D eigenvalue weighted by molar-refractivity contribution is -0.145. The molecular formula is C22H25BrN2O6. The van der Waals surface area contributed by atoms with E-state index in [1.165, 1.54) is 6.92 Å². The van der Waals surface area contributed by atoms with Gasteiger partial charge in [0.2, 0.25) is 11.8 Å². The predicted octanol–water partition coefficient (Wildman–Crippen LogP) is 3.41. The van der Waals surface area contributed by atoms with Gasteiger partial charge in [0.25, 0.3) is 0 Å². The van der Waals surface area contributed by atoms with Gasteiger partial charge in [0.05, 0.1) is 12.7 Å². The summed E-state index contributed by atoms with van der Waals surface area (Å²) in [5.74, 6) is -2.42. The number of allylic oxidation sites excluding steroid dienone is 1. The molecule has 0 aromatic heterocycles. The topological polar surface area (TPSA) is 117 Å². The molecule has 0 bridgehead atoms. The Balaban J connectivity index is 2.29. The van der Waals surface area contributed by atoms with E-state index in [2.05, 4.69) is 21.2 Å². The van der Waals surface area contributed by atoms with Crippen LogP contribution in [-0.4, -0.2) is 30.6 Å². The first-order valence-corrected chi connectivity index (χ1v) is 10.8. The second kappa shape index (κ2) is 8.74. The fourth-order valence-corrected chi connectivity index (χ4v) is 4.18. The summed E-state index contributed by atoms with van der Waals surface area (Å²) >= 11 is 3.40. The van der Waals surface area contributed by atoms with Crippen molar-refractivity contribution < 1.29 is 28.6 Å². The van der Waals surface area contributed by atoms with Gasteiger partial charge in [-0.1, -0.05) is 29.3 Å². The second-order valence-corrected chi connectivity index (χ2v) is 8.53. The highest BCUT2D eigenvalue weighted by atomic mass is 79.9. The summed E-state index contributed by atoms with van der Waals surface area (Å²) in [6.45, 7) is 6.98. The Kier molecular flexibility index (Phi) is 6.45. The van der Waals surface area contributed by atoms with Crippen LogP contribution in [0.4, 0.5) is 5.69 Å². The summed E-state index contributed by atoms with van der Waals surface area (Å²) in [6, 6.07) is 5.09. The van der Waals surface area contributed by atoms with Gasteiger partial charge in [-0.05, 0) is 45.4 Å². The smallest absolute Gasteiger partial charge is 0.341 e. The third-order valence-corrected chi connectivity index (χ3v) is 5.56. The summed E-state index contributed by atoms with van der Waals surface area (Å²) in [7, 11) is 0. The number of hydrogen-bond donors (Lipinski definition) is 2. The Morgan fingerprint density at radius 2 is 1.97 bits per heavy atom. The van der Waals surface area contributed by atoms with E-state index < -0.39 is 29.4 Å². The quantitative estimate of drug-likeness (QED) is 0.461. The van der Waals surface area contributed by atoms with E-state index in [1.807, 2.05) is 6.92 Å². The average Bonchev–Trinajstić information content (AvgIpc) is 2.93. The van der Waals surface area contributed by atoms with Gasteiger partial charge in [-0.25, -0.2) is 9.59 Å². The number of halogens is 1. The first-order valence-electron chi connectivity index (χ1n) is 10.0. The van der Waals surface area contributed by atoms with Crippen LogP contribution in [0.2, 0.25) is 0 Å². The Hall–Kier alpha value is -2.81. The molecular weight excluding hydrogens is 468 g/mol. The molecule has 0 saturated heterocycles. The van der Waals surface area contributed by atoms with Crippen LogP contribution in [0.25, 0.3) is 0 Å². The molecule has 0 unspecified atom stereocenters. The number of rotatable bonds is 6. The highest BCUT2D eigenvalue weighted by molar-refractivity contribution is 9.10. The largest absolute Gasteiger partial charge is 0.462 e. The number of fused-ring (bicyclic) bond motifs is 2. The van der Waals surface area contributed by atoms with Crippen LogP contribution in [-0.2, 0) is 34.0 Å². The summed E-state index contributed by atoms with van der Waals surface area (Å²) in [5.41, 5.74) is 4.76. The molecule has 2 heterocycles. The number of esters is 2. The molecule has 3 N–H and O–H groups in total. The fourth-order valence-electron chi connectivity index (χ4n) is 3.82. The number of carbonyl (C=O) groups excluding carboxylic acids is 3. The third-order valence-electron chi connectivity index (χ3n) is 5.07. The third kappa shape index (κ3) is 3.82. The molecule has 2 aliphatic rings. The van der Waals surface area contributed by atoms with E-state index in [-0.39, 0.29) is 29.4 Å². The Morgan fingerprint density at radius 3 is 2.61 bits per heavy atom. The van der Waals surface area contributed by atoms with Crippen molar-refractivity contribution in [3.8, 4) is 0 Å². The van der Waals surface area contributed by atoms with Crippen molar-refractivity contribution in [3.63, 3.8) is 0 Å². The molecule has 1 amide bonds. The van der Waals surface area contributed by atoms with Gasteiger partial charge in [0.15, 0.2) is 0 Å². The lowest BCUT2D eigenvalue weighted by Crippen LogP contribution is -2.48. The number of hydrogen-bond acceptors (Lipinski definition) is 7. The minimum absolute atomic E-state index is 0.0798. The zero-order valence-corrected chi connectivity index (χ0v) is 19.4. The van der Waals surface area contributed by atoms with Gasteiger partial charge in [-0.15, -0.1) is 0 Å². The maximum atomic E-state index is 13.5. The summed E-state index contributed by atoms with van der Waals surface area (Å²) in [5, 5.41) is 2.76. The van der Waals surface area contributed by atoms with E-state index in [4.69, 9.17) is 19.9 Å². The number of nitrogens with one attached hydrogen (secondary N) is 1. The lowest BCUT2D eigenvalue weighted by atomic mass is 9.67. The maximum absolute atomic E-state index is 13.5. The van der Waals surface area contributed by atoms with Gasteiger partial charge >= 0.3 is 11.9 Å². The van der Waals surface area contributed by atoms with Crippen LogP contribution in [0.3, 0.4) is 0 Å². The first-order chi connectivity index (χ1) is 14.6. The van der Waals surface area contributed by atoms with E-state index in [0.717, 1.165) is 6.42 Å². The van der Waals surface area contributed by atoms with Gasteiger partial charge in [-0.3, -0.25) is 4.79 Å². The van der Waals surface area contributed by atoms with Crippen molar-refractivity contribution in [2.75, 3.05) is 11.9 Å². The lowest BCUT2D eigenvalue weighted by Gasteiger charge is -2.35. The number of amides is 1. The molecule has 1 aromatic carbocycles. The molecule has 0 fully saturated rings. The zero-order chi connectivity index (χ0) is 22.9. The SMILES string of the molecule is CCCCOC(=O)C1=C(N)OC(C)=C(C(=O)OC(C)C)[C@]12C(=O)Nc1ccc(Br)cc12. The highest BCUT2D eigenvalue weighted by Crippen LogP contribution is 2.53. The number of carbonyl (C=O) groups is 3. The average molecular weight is 493 g/mol. The standard InChI is InChI=1S/C22H25BrN2O6/c1-5-6-9-29-19(26)17-18(24)31-12(4)16(20(27)30-11(2)3)22(17)14-10-13(23)7-8-15(14)25-21(22)28/h7-8,10-11H,5-6,9,24H2,1-4H3,(H,25,28)/t22-/m0/s1. The molecule has 2 aliphatic heterocycles. The number of ether oxygens (including phenoxy) is 3. The van der Waals surface area contributed by atoms with E-state index in [0.29, 0.717) is 22.1 Å². The van der Waals surface area contributed by atoms with Crippen LogP contribution >= 0.6 is 15.9 Å².